The van der Waals surface area contributed by atoms with E-state index in [2.05, 4.69) is 20.9 Å². The van der Waals surface area contributed by atoms with Crippen molar-refractivity contribution in [3.8, 4) is 0 Å². The molecule has 8 N–H and O–H groups in total. The van der Waals surface area contributed by atoms with Crippen molar-refractivity contribution in [1.29, 1.82) is 5.41 Å². The van der Waals surface area contributed by atoms with Crippen LogP contribution in [0.15, 0.2) is 24.5 Å². The first-order valence-corrected chi connectivity index (χ1v) is 10.3. The summed E-state index contributed by atoms with van der Waals surface area (Å²) < 4.78 is 0. The number of nitrogens with one attached hydrogen (secondary N) is 4. The third-order valence-corrected chi connectivity index (χ3v) is 5.40. The number of hydrogen-bond acceptors (Lipinski definition) is 6. The van der Waals surface area contributed by atoms with Crippen molar-refractivity contribution in [2.75, 3.05) is 13.1 Å². The number of carbonyl (C=O) groups excluding carboxylic acids is 2. The van der Waals surface area contributed by atoms with Crippen molar-refractivity contribution in [1.82, 2.24) is 20.9 Å². The van der Waals surface area contributed by atoms with Gasteiger partial charge < -0.3 is 31.7 Å². The molecule has 0 radical (unpaired) electrons. The molecule has 0 saturated heterocycles. The zero-order valence-electron chi connectivity index (χ0n) is 17.9. The molecule has 1 unspecified atom stereocenters. The van der Waals surface area contributed by atoms with Gasteiger partial charge in [-0.3, -0.25) is 20.0 Å². The van der Waals surface area contributed by atoms with Gasteiger partial charge in [-0.05, 0) is 43.7 Å². The van der Waals surface area contributed by atoms with Gasteiger partial charge in [0.1, 0.15) is 0 Å². The molecule has 2 amide bonds. The number of hydrogen-bond donors (Lipinski definition) is 7. The Kier molecular flexibility index (Phi) is 13.9. The third-order valence-electron chi connectivity index (χ3n) is 5.40. The lowest BCUT2D eigenvalue weighted by atomic mass is 9.61. The van der Waals surface area contributed by atoms with Crippen LogP contribution in [0.25, 0.3) is 0 Å². The van der Waals surface area contributed by atoms with Gasteiger partial charge in [0.25, 0.3) is 0 Å². The van der Waals surface area contributed by atoms with Crippen molar-refractivity contribution in [2.24, 2.45) is 11.7 Å². The van der Waals surface area contributed by atoms with Gasteiger partial charge >= 0.3 is 7.12 Å². The molecule has 1 aromatic heterocycles. The fourth-order valence-corrected chi connectivity index (χ4v) is 3.67. The number of halogens is 2. The lowest BCUT2D eigenvalue weighted by Gasteiger charge is -2.33. The minimum absolute atomic E-state index is 0. The van der Waals surface area contributed by atoms with Crippen LogP contribution >= 0.6 is 24.8 Å². The lowest BCUT2D eigenvalue weighted by Crippen LogP contribution is -2.68. The summed E-state index contributed by atoms with van der Waals surface area (Å²) in [4.78, 5) is 29.8. The summed E-state index contributed by atoms with van der Waals surface area (Å²) in [6.07, 6.45) is 7.44. The number of carbonyl (C=O) groups is 2. The quantitative estimate of drug-likeness (QED) is 0.0980. The van der Waals surface area contributed by atoms with Crippen molar-refractivity contribution in [3.05, 3.63) is 30.1 Å². The van der Waals surface area contributed by atoms with Gasteiger partial charge in [-0.2, -0.15) is 0 Å². The van der Waals surface area contributed by atoms with Crippen molar-refractivity contribution < 1.29 is 19.6 Å². The van der Waals surface area contributed by atoms with Gasteiger partial charge in [0.2, 0.25) is 11.8 Å². The van der Waals surface area contributed by atoms with Gasteiger partial charge in [0.15, 0.2) is 11.4 Å². The van der Waals surface area contributed by atoms with Gasteiger partial charge in [0, 0.05) is 31.4 Å². The zero-order chi connectivity index (χ0) is 22.0. The summed E-state index contributed by atoms with van der Waals surface area (Å²) in [5.41, 5.74) is 4.31. The maximum Gasteiger partial charge on any atom is 0.488 e. The van der Waals surface area contributed by atoms with E-state index in [0.29, 0.717) is 6.42 Å². The summed E-state index contributed by atoms with van der Waals surface area (Å²) in [6, 6.07) is 3.67. The normalized spacial score (nSPS) is 14.8. The van der Waals surface area contributed by atoms with Crippen LogP contribution in [0.1, 0.15) is 44.1 Å². The molecule has 1 atom stereocenters. The topological polar surface area (TPSA) is 173 Å². The van der Waals surface area contributed by atoms with E-state index in [1.54, 1.807) is 18.5 Å². The molecule has 0 bridgehead atoms. The van der Waals surface area contributed by atoms with Crippen LogP contribution < -0.4 is 21.7 Å². The van der Waals surface area contributed by atoms with E-state index in [1.807, 2.05) is 6.07 Å². The van der Waals surface area contributed by atoms with Gasteiger partial charge in [-0.1, -0.05) is 18.9 Å². The first-order chi connectivity index (χ1) is 14.3. The Morgan fingerprint density at radius 2 is 1.91 bits per heavy atom. The van der Waals surface area contributed by atoms with Crippen LogP contribution in [0.2, 0.25) is 0 Å². The monoisotopic (exact) mass is 490 g/mol. The Morgan fingerprint density at radius 3 is 2.47 bits per heavy atom. The zero-order valence-corrected chi connectivity index (χ0v) is 19.5. The molecule has 1 heterocycles. The second-order valence-corrected chi connectivity index (χ2v) is 7.63. The van der Waals surface area contributed by atoms with Crippen LogP contribution in [0.4, 0.5) is 0 Å². The van der Waals surface area contributed by atoms with E-state index in [4.69, 9.17) is 11.1 Å². The van der Waals surface area contributed by atoms with Crippen molar-refractivity contribution >= 4 is 49.7 Å². The highest BCUT2D eigenvalue weighted by Crippen LogP contribution is 2.26. The first kappa shape index (κ1) is 29.9. The molecule has 0 spiro atoms. The molecule has 180 valence electrons. The summed E-state index contributed by atoms with van der Waals surface area (Å²) in [5, 5.41) is 35.4. The van der Waals surface area contributed by atoms with E-state index >= 15 is 0 Å². The molecule has 2 rings (SSSR count). The maximum atomic E-state index is 13.0. The number of guanidine groups is 1. The number of nitrogens with two attached hydrogens (primary N) is 1. The Hall–Kier alpha value is -2.08. The third kappa shape index (κ3) is 8.81. The van der Waals surface area contributed by atoms with Crippen LogP contribution in [-0.4, -0.2) is 58.5 Å². The highest BCUT2D eigenvalue weighted by atomic mass is 35.5. The summed E-state index contributed by atoms with van der Waals surface area (Å²) >= 11 is 0. The molecular formula is C19H33BCl2N6O4. The molecule has 1 fully saturated rings. The van der Waals surface area contributed by atoms with Gasteiger partial charge in [-0.25, -0.2) is 0 Å². The van der Waals surface area contributed by atoms with Crippen molar-refractivity contribution in [3.63, 3.8) is 0 Å². The van der Waals surface area contributed by atoms with Crippen LogP contribution in [0, 0.1) is 11.3 Å². The second-order valence-electron chi connectivity index (χ2n) is 7.63. The molecule has 0 aromatic carbocycles. The number of rotatable bonds is 11. The maximum absolute atomic E-state index is 13.0. The SMILES string of the molecule is Cl.Cl.N=C(N)NCCCC(NC(=O)C1CCCC1)(B(O)O)C(=O)NCCc1cccnc1. The summed E-state index contributed by atoms with van der Waals surface area (Å²) in [7, 11) is -2.08. The highest BCUT2D eigenvalue weighted by molar-refractivity contribution is 6.52. The molecule has 13 heteroatoms. The average Bonchev–Trinajstić information content (AvgIpc) is 3.25. The Balaban J connectivity index is 0.00000480. The number of nitrogens with zero attached hydrogens (tertiary/aromatic N) is 1. The van der Waals surface area contributed by atoms with Crippen LogP contribution in [0.5, 0.6) is 0 Å². The minimum atomic E-state index is -2.08. The van der Waals surface area contributed by atoms with E-state index < -0.39 is 18.5 Å². The van der Waals surface area contributed by atoms with E-state index in [0.717, 1.165) is 31.2 Å². The molecule has 10 nitrogen and oxygen atoms in total. The fraction of sp³-hybridized carbons (Fsp3) is 0.579. The molecule has 1 aliphatic rings. The number of amides is 2. The predicted octanol–water partition coefficient (Wildman–Crippen LogP) is -0.0956. The largest absolute Gasteiger partial charge is 0.488 e. The first-order valence-electron chi connectivity index (χ1n) is 10.3. The number of aromatic nitrogens is 1. The van der Waals surface area contributed by atoms with Crippen LogP contribution in [-0.2, 0) is 16.0 Å². The molecule has 1 saturated carbocycles. The van der Waals surface area contributed by atoms with Crippen LogP contribution in [0.3, 0.4) is 0 Å². The molecule has 1 aromatic rings. The Labute approximate surface area is 201 Å². The molecule has 32 heavy (non-hydrogen) atoms. The minimum Gasteiger partial charge on any atom is -0.425 e. The van der Waals surface area contributed by atoms with E-state index in [1.165, 1.54) is 0 Å². The molecule has 0 aliphatic heterocycles. The van der Waals surface area contributed by atoms with Crippen molar-refractivity contribution in [2.45, 2.75) is 50.4 Å². The molecule has 1 aliphatic carbocycles. The van der Waals surface area contributed by atoms with Gasteiger partial charge in [0.05, 0.1) is 0 Å². The molecular weight excluding hydrogens is 458 g/mol. The Bertz CT molecular complexity index is 725. The average molecular weight is 491 g/mol. The lowest BCUT2D eigenvalue weighted by molar-refractivity contribution is -0.133. The second kappa shape index (κ2) is 14.9. The Morgan fingerprint density at radius 1 is 1.22 bits per heavy atom. The fourth-order valence-electron chi connectivity index (χ4n) is 3.67. The predicted molar refractivity (Wildman–Crippen MR) is 128 cm³/mol. The summed E-state index contributed by atoms with van der Waals surface area (Å²) in [6.45, 7) is 0.510. The number of pyridine rings is 1. The standard InChI is InChI=1S/C19H31BN6O4.2ClH/c21-18(22)25-11-4-9-19(20(29)30,26-16(27)15-6-1-2-7-15)17(28)24-12-8-14-5-3-10-23-13-14;;/h3,5,10,13,15,29-30H,1-2,4,6-9,11-12H2,(H,24,28)(H,26,27)(H4,21,22,25);2*1H. The highest BCUT2D eigenvalue weighted by Gasteiger charge is 2.50. The van der Waals surface area contributed by atoms with E-state index in [-0.39, 0.29) is 68.5 Å². The summed E-state index contributed by atoms with van der Waals surface area (Å²) in [5.74, 6) is -1.46. The smallest absolute Gasteiger partial charge is 0.425 e. The van der Waals surface area contributed by atoms with Gasteiger partial charge in [-0.15, -0.1) is 24.8 Å². The van der Waals surface area contributed by atoms with E-state index in [9.17, 15) is 19.6 Å².